The van der Waals surface area contributed by atoms with Gasteiger partial charge < -0.3 is 59.4 Å². The number of carbonyl (C=O) groups excluding carboxylic acids is 6. The minimum atomic E-state index is -6.06. The van der Waals surface area contributed by atoms with Crippen LogP contribution in [0.2, 0.25) is 0 Å². The van der Waals surface area contributed by atoms with E-state index in [9.17, 15) is 53.6 Å². The molecule has 1 fully saturated rings. The highest BCUT2D eigenvalue weighted by atomic mass is 31.2. The van der Waals surface area contributed by atoms with Gasteiger partial charge >= 0.3 is 25.5 Å². The number of nitrogens with one attached hydrogen (secondary N) is 2. The average molecular weight is 1280 g/mol. The lowest BCUT2D eigenvalue weighted by molar-refractivity contribution is -0.305. The molecule has 516 valence electrons. The third-order valence-electron chi connectivity index (χ3n) is 17.1. The topological polar surface area (TPSA) is 291 Å². The number of ketones is 1. The Bertz CT molecular complexity index is 1890. The van der Waals surface area contributed by atoms with Crippen LogP contribution in [0.25, 0.3) is 0 Å². The van der Waals surface area contributed by atoms with Crippen molar-refractivity contribution in [3.8, 4) is 0 Å². The minimum absolute atomic E-state index is 0.0381. The van der Waals surface area contributed by atoms with Crippen molar-refractivity contribution >= 4 is 43.1 Å². The van der Waals surface area contributed by atoms with Gasteiger partial charge in [-0.25, -0.2) is 0 Å². The van der Waals surface area contributed by atoms with E-state index in [2.05, 4.69) is 31.4 Å². The second-order valence-corrected chi connectivity index (χ2v) is 26.9. The smallest absolute Gasteiger partial charge is 0.362 e. The van der Waals surface area contributed by atoms with E-state index in [1.165, 1.54) is 44.9 Å². The second kappa shape index (κ2) is 51.5. The Kier molecular flexibility index (Phi) is 48.5. The summed E-state index contributed by atoms with van der Waals surface area (Å²) in [7, 11) is -6.06. The zero-order valence-electron chi connectivity index (χ0n) is 56.0. The molecular weight excluding hydrogens is 1150 g/mol. The van der Waals surface area contributed by atoms with Crippen molar-refractivity contribution in [2.24, 2.45) is 0 Å². The van der Waals surface area contributed by atoms with Gasteiger partial charge in [0, 0.05) is 32.2 Å². The molecule has 1 saturated heterocycles. The average Bonchev–Trinajstić information content (AvgIpc) is 0.732. The van der Waals surface area contributed by atoms with E-state index in [1.807, 2.05) is 20.8 Å². The van der Waals surface area contributed by atoms with Crippen molar-refractivity contribution in [1.29, 1.82) is 0 Å². The molecule has 2 amide bonds. The maximum Gasteiger partial charge on any atom is 0.362 e. The van der Waals surface area contributed by atoms with Gasteiger partial charge in [-0.05, 0) is 57.8 Å². The second-order valence-electron chi connectivity index (χ2n) is 25.1. The van der Waals surface area contributed by atoms with Crippen LogP contribution in [0.15, 0.2) is 0 Å². The quantitative estimate of drug-likeness (QED) is 0.0129. The maximum atomic E-state index is 15.6. The molecule has 20 heteroatoms. The third-order valence-corrected chi connectivity index (χ3v) is 18.5. The molecule has 3 unspecified atom stereocenters. The summed E-state index contributed by atoms with van der Waals surface area (Å²) >= 11 is 0. The Labute approximate surface area is 531 Å². The van der Waals surface area contributed by atoms with Crippen molar-refractivity contribution in [2.45, 2.75) is 378 Å². The van der Waals surface area contributed by atoms with Crippen LogP contribution in [0.1, 0.15) is 330 Å². The molecule has 1 aliphatic heterocycles. The first-order valence-corrected chi connectivity index (χ1v) is 37.0. The van der Waals surface area contributed by atoms with Crippen LogP contribution in [0.3, 0.4) is 0 Å². The van der Waals surface area contributed by atoms with Crippen LogP contribution in [-0.4, -0.2) is 128 Å². The number of amides is 2. The Morgan fingerprint density at radius 2 is 0.795 bits per heavy atom. The van der Waals surface area contributed by atoms with Gasteiger partial charge in [-0.3, -0.25) is 33.3 Å². The molecule has 1 rings (SSSR count). The van der Waals surface area contributed by atoms with Gasteiger partial charge in [-0.15, -0.1) is 0 Å². The molecule has 19 nitrogen and oxygen atoms in total. The molecule has 1 aliphatic rings. The first-order valence-electron chi connectivity index (χ1n) is 35.4. The lowest BCUT2D eigenvalue weighted by atomic mass is 9.77. The van der Waals surface area contributed by atoms with Gasteiger partial charge in [0.25, 0.3) is 0 Å². The summed E-state index contributed by atoms with van der Waals surface area (Å²) in [5, 5.41) is 37.0. The number of hydrogen-bond acceptors (Lipinski definition) is 15. The Morgan fingerprint density at radius 3 is 1.14 bits per heavy atom. The molecule has 88 heavy (non-hydrogen) atoms. The highest BCUT2D eigenvalue weighted by Crippen LogP contribution is 2.58. The summed E-state index contributed by atoms with van der Waals surface area (Å²) in [6.07, 6.45) is 23.4. The summed E-state index contributed by atoms with van der Waals surface area (Å²) in [4.78, 5) is 106. The fourth-order valence-electron chi connectivity index (χ4n) is 11.6. The van der Waals surface area contributed by atoms with E-state index in [-0.39, 0.29) is 45.1 Å². The highest BCUT2D eigenvalue weighted by Gasteiger charge is 2.73. The molecule has 0 saturated carbocycles. The molecule has 0 spiro atoms. The number of Topliss-reactive ketones (excluding diaryl/α,β-unsaturated/α-hetero) is 1. The lowest BCUT2D eigenvalue weighted by Crippen LogP contribution is -2.81. The molecule has 1 heterocycles. The SMILES string of the molecule is CCCCCCCCCCCC(CC(=O)NCCO[C@H]1O[C@H](CO)[C@](O)(P(=O)(O)O)[C@H](O)[C@@]1(NC(=O)CC(CCCCCCCCCCC)OC(=O)CCCCC)C(=O)CC(CCCCCCCCCCC)OC(=O)CCCCC)OC(=O)CCCCC. The van der Waals surface area contributed by atoms with Crippen LogP contribution in [0.4, 0.5) is 0 Å². The first-order chi connectivity index (χ1) is 42.3. The number of carbonyl (C=O) groups is 6. The molecule has 8 atom stereocenters. The van der Waals surface area contributed by atoms with Gasteiger partial charge in [-0.2, -0.15) is 0 Å². The van der Waals surface area contributed by atoms with Crippen molar-refractivity contribution in [3.05, 3.63) is 0 Å². The van der Waals surface area contributed by atoms with E-state index in [0.717, 1.165) is 154 Å². The lowest BCUT2D eigenvalue weighted by Gasteiger charge is -2.54. The van der Waals surface area contributed by atoms with Gasteiger partial charge in [0.05, 0.1) is 26.1 Å². The molecule has 0 aromatic carbocycles. The molecule has 0 aromatic heterocycles. The van der Waals surface area contributed by atoms with E-state index in [1.54, 1.807) is 0 Å². The fourth-order valence-corrected chi connectivity index (χ4v) is 12.7. The predicted octanol–water partition coefficient (Wildman–Crippen LogP) is 13.9. The van der Waals surface area contributed by atoms with Crippen LogP contribution >= 0.6 is 7.60 Å². The number of hydrogen-bond donors (Lipinski definition) is 7. The Balaban J connectivity index is 3.84. The summed E-state index contributed by atoms with van der Waals surface area (Å²) < 4.78 is 43.6. The van der Waals surface area contributed by atoms with Crippen LogP contribution < -0.4 is 10.6 Å². The van der Waals surface area contributed by atoms with Gasteiger partial charge in [0.15, 0.2) is 17.6 Å². The van der Waals surface area contributed by atoms with Crippen LogP contribution in [0, 0.1) is 0 Å². The van der Waals surface area contributed by atoms with Crippen LogP contribution in [-0.2, 0) is 57.0 Å². The van der Waals surface area contributed by atoms with Gasteiger partial charge in [0.2, 0.25) is 17.2 Å². The number of rotatable bonds is 59. The van der Waals surface area contributed by atoms with Crippen LogP contribution in [0.5, 0.6) is 0 Å². The third kappa shape index (κ3) is 35.1. The molecule has 0 aromatic rings. The summed E-state index contributed by atoms with van der Waals surface area (Å²) in [5.74, 6) is -4.25. The van der Waals surface area contributed by atoms with E-state index in [0.29, 0.717) is 38.5 Å². The van der Waals surface area contributed by atoms with Crippen molar-refractivity contribution in [1.82, 2.24) is 10.6 Å². The van der Waals surface area contributed by atoms with Crippen molar-refractivity contribution in [3.63, 3.8) is 0 Å². The normalized spacial score (nSPS) is 19.6. The van der Waals surface area contributed by atoms with E-state index in [4.69, 9.17) is 23.7 Å². The summed E-state index contributed by atoms with van der Waals surface area (Å²) in [6.45, 7) is 10.4. The van der Waals surface area contributed by atoms with E-state index < -0.39 is 117 Å². The maximum absolute atomic E-state index is 15.6. The standard InChI is InChI=1S/C68H127N2O17P/c1-7-13-19-22-25-28-31-34-40-43-55(84-62(75)46-37-16-10-4)51-58(72)67(70-61(74)53-57(86-64(77)48-39-18-12-6)45-42-36-33-30-27-24-21-15-9-3)65(78)68(79,88(80,81)82)59(54-71)87-66(67)83-50-49-69-60(73)52-56(85-63(76)47-38-17-11-5)44-41-35-32-29-26-23-20-14-8-2/h55-57,59,65-66,71,78-79H,7-54H2,1-6H3,(H,69,73)(H,70,74)(H2,80,81,82)/t55?,56?,57?,59-,65-,66+,67+,68+/m1/s1. The number of ether oxygens (including phenoxy) is 5. The Hall–Kier alpha value is -3.03. The molecule has 0 bridgehead atoms. The van der Waals surface area contributed by atoms with Gasteiger partial charge in [0.1, 0.15) is 30.5 Å². The molecule has 7 N–H and O–H groups in total. The zero-order valence-corrected chi connectivity index (χ0v) is 56.9. The first kappa shape index (κ1) is 83.0. The summed E-state index contributed by atoms with van der Waals surface area (Å²) in [6, 6.07) is 0. The van der Waals surface area contributed by atoms with Crippen molar-refractivity contribution in [2.75, 3.05) is 19.8 Å². The number of aliphatic hydroxyl groups is 3. The van der Waals surface area contributed by atoms with Crippen molar-refractivity contribution < 1.29 is 82.1 Å². The number of unbranched alkanes of at least 4 members (excludes halogenated alkanes) is 30. The molecular formula is C68H127N2O17P. The summed E-state index contributed by atoms with van der Waals surface area (Å²) in [5.41, 5.74) is -3.10. The predicted molar refractivity (Wildman–Crippen MR) is 345 cm³/mol. The number of esters is 3. The largest absolute Gasteiger partial charge is 0.462 e. The fraction of sp³-hybridized carbons (Fsp3) is 0.912. The van der Waals surface area contributed by atoms with Gasteiger partial charge in [-0.1, -0.05) is 234 Å². The molecule has 0 aliphatic carbocycles. The minimum Gasteiger partial charge on any atom is -0.462 e. The monoisotopic (exact) mass is 1270 g/mol. The Morgan fingerprint density at radius 1 is 0.477 bits per heavy atom. The zero-order chi connectivity index (χ0) is 65.3. The van der Waals surface area contributed by atoms with E-state index >= 15 is 4.79 Å². The number of aliphatic hydroxyl groups excluding tert-OH is 2. The highest BCUT2D eigenvalue weighted by molar-refractivity contribution is 7.53. The molecule has 0 radical (unpaired) electrons.